The number of aryl methyl sites for hydroxylation is 4. The fourth-order valence-corrected chi connectivity index (χ4v) is 5.27. The van der Waals surface area contributed by atoms with Gasteiger partial charge in [-0.1, -0.05) is 24.3 Å². The number of methoxy groups -OCH3 is 2. The van der Waals surface area contributed by atoms with Gasteiger partial charge in [-0.05, 0) is 83.9 Å². The van der Waals surface area contributed by atoms with E-state index in [1.54, 1.807) is 14.2 Å². The zero-order valence-electron chi connectivity index (χ0n) is 27.9. The molecule has 0 bridgehead atoms. The zero-order chi connectivity index (χ0) is 33.6. The smallest absolute Gasteiger partial charge is 0.344 e. The number of aromatic nitrogens is 4. The minimum atomic E-state index is 0.531. The van der Waals surface area contributed by atoms with Gasteiger partial charge in [0.1, 0.15) is 47.8 Å². The summed E-state index contributed by atoms with van der Waals surface area (Å²) in [6, 6.07) is 31.2. The fourth-order valence-electron chi connectivity index (χ4n) is 5.27. The van der Waals surface area contributed by atoms with Crippen LogP contribution in [0.5, 0.6) is 23.0 Å². The molecular formula is C38H38N6O4+2. The van der Waals surface area contributed by atoms with Crippen LogP contribution in [0, 0.1) is 0 Å². The van der Waals surface area contributed by atoms with Gasteiger partial charge in [-0.15, -0.1) is 0 Å². The van der Waals surface area contributed by atoms with E-state index in [1.165, 1.54) is 0 Å². The van der Waals surface area contributed by atoms with Gasteiger partial charge in [0.15, 0.2) is 0 Å². The molecule has 2 heterocycles. The van der Waals surface area contributed by atoms with Crippen LogP contribution in [0.4, 0.5) is 11.4 Å². The Balaban J connectivity index is 1.06. The molecule has 10 nitrogen and oxygen atoms in total. The maximum atomic E-state index is 6.09. The Kier molecular flexibility index (Phi) is 9.33. The molecule has 242 valence electrons. The van der Waals surface area contributed by atoms with Gasteiger partial charge in [0.05, 0.1) is 53.8 Å². The van der Waals surface area contributed by atoms with Crippen LogP contribution < -0.4 is 18.6 Å². The van der Waals surface area contributed by atoms with Crippen molar-refractivity contribution in [2.45, 2.75) is 0 Å². The number of hydrogen-bond acceptors (Lipinski definition) is 6. The lowest BCUT2D eigenvalue weighted by Gasteiger charge is -2.09. The zero-order valence-corrected chi connectivity index (χ0v) is 27.9. The number of nitrogens with zero attached hydrogens (tertiary/aromatic N) is 6. The van der Waals surface area contributed by atoms with Gasteiger partial charge < -0.3 is 18.9 Å². The van der Waals surface area contributed by atoms with Gasteiger partial charge in [-0.25, -0.2) is 28.3 Å². The Morgan fingerprint density at radius 3 is 1.08 bits per heavy atom. The summed E-state index contributed by atoms with van der Waals surface area (Å²) in [5, 5.41) is 0. The quantitative estimate of drug-likeness (QED) is 0.0998. The predicted octanol–water partition coefficient (Wildman–Crippen LogP) is 6.71. The summed E-state index contributed by atoms with van der Waals surface area (Å²) in [6.07, 6.45) is 7.83. The topological polar surface area (TPSA) is 79.3 Å². The Labute approximate surface area is 280 Å². The summed E-state index contributed by atoms with van der Waals surface area (Å²) in [5.41, 5.74) is 3.68. The molecule has 4 aromatic carbocycles. The van der Waals surface area contributed by atoms with E-state index in [0.717, 1.165) is 57.1 Å². The average molecular weight is 643 g/mol. The highest BCUT2D eigenvalue weighted by Gasteiger charge is 2.21. The van der Waals surface area contributed by atoms with Crippen molar-refractivity contribution in [1.29, 1.82) is 0 Å². The van der Waals surface area contributed by atoms with Crippen molar-refractivity contribution < 1.29 is 28.1 Å². The van der Waals surface area contributed by atoms with Crippen LogP contribution in [0.2, 0.25) is 0 Å². The van der Waals surface area contributed by atoms with Crippen molar-refractivity contribution in [1.82, 2.24) is 9.13 Å². The number of benzene rings is 4. The molecular weight excluding hydrogens is 604 g/mol. The SMILES string of the molecule is COC(=Nc1ccc(Oc2ccc(-c3ccc(Oc4ccc(N=C(OC)c5n(C)cc[n+]5C)cc4)cc3)cc2)cc1)c1n(C)cc[n+]1C. The lowest BCUT2D eigenvalue weighted by molar-refractivity contribution is -0.672. The standard InChI is InChI=1S/C38H38N6O4/c1-41-23-24-42(2)37(41)35(45-5)39-29-11-19-33(20-12-29)47-31-15-7-27(8-16-31)28-9-17-32(18-10-28)48-34-21-13-30(14-22-34)40-36(46-6)38-43(3)25-26-44(38)4/h7-26H,1-6H3/q+2. The lowest BCUT2D eigenvalue weighted by atomic mass is 10.1. The first-order valence-electron chi connectivity index (χ1n) is 15.4. The van der Waals surface area contributed by atoms with Crippen LogP contribution in [0.3, 0.4) is 0 Å². The Morgan fingerprint density at radius 2 is 0.812 bits per heavy atom. The van der Waals surface area contributed by atoms with E-state index in [9.17, 15) is 0 Å². The lowest BCUT2D eigenvalue weighted by Crippen LogP contribution is -2.35. The molecule has 2 aromatic heterocycles. The monoisotopic (exact) mass is 642 g/mol. The highest BCUT2D eigenvalue weighted by Crippen LogP contribution is 2.30. The Hall–Kier alpha value is -6.16. The second-order valence-electron chi connectivity index (χ2n) is 11.2. The largest absolute Gasteiger partial charge is 0.475 e. The van der Waals surface area contributed by atoms with E-state index < -0.39 is 0 Å². The first-order chi connectivity index (χ1) is 23.3. The molecule has 0 saturated carbocycles. The van der Waals surface area contributed by atoms with Gasteiger partial charge in [-0.3, -0.25) is 0 Å². The van der Waals surface area contributed by atoms with E-state index in [-0.39, 0.29) is 0 Å². The predicted molar refractivity (Wildman–Crippen MR) is 184 cm³/mol. The maximum absolute atomic E-state index is 6.09. The molecule has 0 atom stereocenters. The normalized spacial score (nSPS) is 11.8. The summed E-state index contributed by atoms with van der Waals surface area (Å²) in [5.74, 6) is 5.72. The van der Waals surface area contributed by atoms with E-state index in [4.69, 9.17) is 18.9 Å². The highest BCUT2D eigenvalue weighted by atomic mass is 16.5. The first kappa shape index (κ1) is 31.8. The van der Waals surface area contributed by atoms with Crippen molar-refractivity contribution in [3.63, 3.8) is 0 Å². The Bertz CT molecular complexity index is 1870. The van der Waals surface area contributed by atoms with Gasteiger partial charge in [-0.2, -0.15) is 0 Å². The molecule has 0 saturated heterocycles. The second kappa shape index (κ2) is 14.1. The summed E-state index contributed by atoms with van der Waals surface area (Å²) < 4.78 is 31.2. The van der Waals surface area contributed by atoms with Crippen LogP contribution >= 0.6 is 0 Å². The molecule has 0 aliphatic carbocycles. The second-order valence-corrected chi connectivity index (χ2v) is 11.2. The number of imidazole rings is 2. The third kappa shape index (κ3) is 7.13. The number of hydrogen-bond donors (Lipinski definition) is 0. The molecule has 0 amide bonds. The van der Waals surface area contributed by atoms with Crippen molar-refractivity contribution >= 4 is 23.2 Å². The van der Waals surface area contributed by atoms with Crippen LogP contribution in [0.1, 0.15) is 11.6 Å². The molecule has 0 N–H and O–H groups in total. The maximum Gasteiger partial charge on any atom is 0.344 e. The van der Waals surface area contributed by atoms with Crippen LogP contribution in [-0.2, 0) is 37.7 Å². The van der Waals surface area contributed by atoms with E-state index in [1.807, 2.05) is 168 Å². The minimum Gasteiger partial charge on any atom is -0.475 e. The van der Waals surface area contributed by atoms with Crippen molar-refractivity contribution in [2.75, 3.05) is 14.2 Å². The van der Waals surface area contributed by atoms with Crippen molar-refractivity contribution in [3.05, 3.63) is 133 Å². The van der Waals surface area contributed by atoms with E-state index in [2.05, 4.69) is 9.98 Å². The summed E-state index contributed by atoms with van der Waals surface area (Å²) in [6.45, 7) is 0. The van der Waals surface area contributed by atoms with Crippen LogP contribution in [0.15, 0.2) is 132 Å². The van der Waals surface area contributed by atoms with E-state index in [0.29, 0.717) is 11.8 Å². The molecule has 0 aliphatic heterocycles. The molecule has 0 aliphatic rings. The number of rotatable bonds is 9. The van der Waals surface area contributed by atoms with Crippen molar-refractivity contribution in [3.8, 4) is 34.1 Å². The summed E-state index contributed by atoms with van der Waals surface area (Å²) >= 11 is 0. The molecule has 10 heteroatoms. The molecule has 6 aromatic rings. The third-order valence-corrected chi connectivity index (χ3v) is 7.78. The number of ether oxygens (including phenoxy) is 4. The molecule has 0 radical (unpaired) electrons. The fraction of sp³-hybridized carbons (Fsp3) is 0.158. The van der Waals surface area contributed by atoms with Gasteiger partial charge in [0.2, 0.25) is 0 Å². The molecule has 6 rings (SSSR count). The van der Waals surface area contributed by atoms with Gasteiger partial charge in [0, 0.05) is 0 Å². The van der Waals surface area contributed by atoms with Crippen LogP contribution in [0.25, 0.3) is 11.1 Å². The molecule has 0 unspecified atom stereocenters. The van der Waals surface area contributed by atoms with Gasteiger partial charge in [0.25, 0.3) is 0 Å². The number of aliphatic imine (C=N–C) groups is 2. The van der Waals surface area contributed by atoms with Crippen LogP contribution in [-0.4, -0.2) is 35.1 Å². The molecule has 0 fully saturated rings. The average Bonchev–Trinajstić information content (AvgIpc) is 3.63. The Morgan fingerprint density at radius 1 is 0.500 bits per heavy atom. The third-order valence-electron chi connectivity index (χ3n) is 7.78. The molecule has 48 heavy (non-hydrogen) atoms. The summed E-state index contributed by atoms with van der Waals surface area (Å²) in [7, 11) is 11.1. The van der Waals surface area contributed by atoms with Crippen molar-refractivity contribution in [2.24, 2.45) is 38.2 Å². The highest BCUT2D eigenvalue weighted by molar-refractivity contribution is 5.91. The van der Waals surface area contributed by atoms with E-state index >= 15 is 0 Å². The minimum absolute atomic E-state index is 0.531. The van der Waals surface area contributed by atoms with Gasteiger partial charge >= 0.3 is 23.4 Å². The molecule has 0 spiro atoms. The summed E-state index contributed by atoms with van der Waals surface area (Å²) in [4.78, 5) is 9.34. The first-order valence-corrected chi connectivity index (χ1v) is 15.4.